The van der Waals surface area contributed by atoms with Gasteiger partial charge in [0.1, 0.15) is 11.1 Å². The number of imidazole rings is 1. The van der Waals surface area contributed by atoms with Crippen LogP contribution in [-0.4, -0.2) is 60.2 Å². The lowest BCUT2D eigenvalue weighted by Gasteiger charge is -2.21. The molecule has 2 atom stereocenters. The summed E-state index contributed by atoms with van der Waals surface area (Å²) in [5.41, 5.74) is 7.47. The van der Waals surface area contributed by atoms with Crippen LogP contribution in [0.3, 0.4) is 0 Å². The highest BCUT2D eigenvalue weighted by Crippen LogP contribution is 2.47. The summed E-state index contributed by atoms with van der Waals surface area (Å²) in [6.07, 6.45) is 6.96. The Balaban J connectivity index is 1.50. The van der Waals surface area contributed by atoms with Gasteiger partial charge in [-0.15, -0.1) is 0 Å². The Morgan fingerprint density at radius 3 is 2.73 bits per heavy atom. The molecule has 11 heteroatoms. The van der Waals surface area contributed by atoms with Crippen molar-refractivity contribution in [3.8, 4) is 17.5 Å². The number of hydrogen-bond acceptors (Lipinski definition) is 7. The number of anilines is 1. The summed E-state index contributed by atoms with van der Waals surface area (Å²) < 4.78 is 3.31. The quantitative estimate of drug-likeness (QED) is 0.576. The third-order valence-corrected chi connectivity index (χ3v) is 6.80. The molecule has 33 heavy (non-hydrogen) atoms. The summed E-state index contributed by atoms with van der Waals surface area (Å²) in [6, 6.07) is 3.93. The van der Waals surface area contributed by atoms with E-state index in [-0.39, 0.29) is 23.4 Å². The highest BCUT2D eigenvalue weighted by Gasteiger charge is 2.54. The maximum Gasteiger partial charge on any atom is 0.252 e. The lowest BCUT2D eigenvalue weighted by atomic mass is 10.0. The number of nitrogens with two attached hydrogens (primary N) is 1. The van der Waals surface area contributed by atoms with Crippen molar-refractivity contribution < 1.29 is 9.59 Å². The first-order chi connectivity index (χ1) is 15.9. The Labute approximate surface area is 190 Å². The summed E-state index contributed by atoms with van der Waals surface area (Å²) in [4.78, 5) is 31.7. The van der Waals surface area contributed by atoms with E-state index in [9.17, 15) is 14.9 Å². The minimum atomic E-state index is -0.851. The van der Waals surface area contributed by atoms with Gasteiger partial charge in [0.05, 0.1) is 35.4 Å². The van der Waals surface area contributed by atoms with Crippen molar-refractivity contribution in [2.75, 3.05) is 18.4 Å². The maximum atomic E-state index is 12.9. The van der Waals surface area contributed by atoms with Crippen molar-refractivity contribution >= 4 is 23.1 Å². The smallest absolute Gasteiger partial charge is 0.252 e. The highest BCUT2D eigenvalue weighted by molar-refractivity contribution is 6.01. The largest absolute Gasteiger partial charge is 0.376 e. The number of nitrogens with zero attached hydrogens (tertiary/aromatic N) is 7. The van der Waals surface area contributed by atoms with Crippen LogP contribution in [0.1, 0.15) is 36.5 Å². The molecule has 11 nitrogen and oxygen atoms in total. The van der Waals surface area contributed by atoms with E-state index in [1.807, 2.05) is 13.1 Å². The molecule has 170 valence electrons. The molecule has 0 unspecified atom stereocenters. The molecule has 1 saturated heterocycles. The molecular weight excluding hydrogens is 422 g/mol. The van der Waals surface area contributed by atoms with Crippen molar-refractivity contribution in [1.29, 1.82) is 5.26 Å². The average Bonchev–Trinajstić information content (AvgIpc) is 3.10. The third-order valence-electron chi connectivity index (χ3n) is 6.80. The summed E-state index contributed by atoms with van der Waals surface area (Å²) in [5, 5.41) is 21.4. The Morgan fingerprint density at radius 2 is 2.12 bits per heavy atom. The summed E-state index contributed by atoms with van der Waals surface area (Å²) in [7, 11) is 1.82. The van der Waals surface area contributed by atoms with Crippen LogP contribution in [0.5, 0.6) is 0 Å². The fourth-order valence-corrected chi connectivity index (χ4v) is 4.61. The lowest BCUT2D eigenvalue weighted by molar-refractivity contribution is -0.134. The van der Waals surface area contributed by atoms with Gasteiger partial charge in [-0.3, -0.25) is 14.3 Å². The summed E-state index contributed by atoms with van der Waals surface area (Å²) in [6.45, 7) is 3.08. The molecule has 3 N–H and O–H groups in total. The van der Waals surface area contributed by atoms with Crippen molar-refractivity contribution in [2.24, 2.45) is 24.1 Å². The molecule has 1 aliphatic carbocycles. The van der Waals surface area contributed by atoms with E-state index in [0.717, 1.165) is 12.1 Å². The molecular formula is C22H25N9O2. The first-order valence-electron chi connectivity index (χ1n) is 11.0. The zero-order valence-electron chi connectivity index (χ0n) is 18.5. The van der Waals surface area contributed by atoms with E-state index in [1.54, 1.807) is 26.5 Å². The molecule has 2 fully saturated rings. The highest BCUT2D eigenvalue weighted by atomic mass is 16.2. The number of hydrogen-bond donors (Lipinski definition) is 2. The number of aryl methyl sites for hydroxylation is 1. The Hall–Kier alpha value is -3.94. The Kier molecular flexibility index (Phi) is 4.81. The molecule has 0 spiro atoms. The second kappa shape index (κ2) is 7.58. The minimum absolute atomic E-state index is 0.0953. The fraction of sp³-hybridized carbons (Fsp3) is 0.455. The molecule has 2 aliphatic rings. The zero-order valence-corrected chi connectivity index (χ0v) is 18.5. The predicted octanol–water partition coefficient (Wildman–Crippen LogP) is 1.18. The molecule has 3 aromatic heterocycles. The van der Waals surface area contributed by atoms with Gasteiger partial charge in [0, 0.05) is 32.4 Å². The van der Waals surface area contributed by atoms with Crippen LogP contribution >= 0.6 is 0 Å². The van der Waals surface area contributed by atoms with Gasteiger partial charge in [-0.05, 0) is 31.2 Å². The van der Waals surface area contributed by atoms with Crippen molar-refractivity contribution in [1.82, 2.24) is 29.3 Å². The molecule has 1 aliphatic heterocycles. The third kappa shape index (κ3) is 3.38. The van der Waals surface area contributed by atoms with Gasteiger partial charge in [0.2, 0.25) is 5.91 Å². The monoisotopic (exact) mass is 447 g/mol. The van der Waals surface area contributed by atoms with Crippen LogP contribution < -0.4 is 11.1 Å². The van der Waals surface area contributed by atoms with E-state index >= 15 is 0 Å². The molecule has 2 amide bonds. The normalized spacial score (nSPS) is 21.2. The van der Waals surface area contributed by atoms with Gasteiger partial charge in [0.15, 0.2) is 5.65 Å². The molecule has 0 bridgehead atoms. The predicted molar refractivity (Wildman–Crippen MR) is 119 cm³/mol. The first-order valence-corrected chi connectivity index (χ1v) is 11.0. The van der Waals surface area contributed by atoms with E-state index < -0.39 is 11.3 Å². The van der Waals surface area contributed by atoms with Gasteiger partial charge in [0.25, 0.3) is 5.91 Å². The molecule has 0 aromatic carbocycles. The van der Waals surface area contributed by atoms with Crippen LogP contribution in [0.2, 0.25) is 0 Å². The van der Waals surface area contributed by atoms with Gasteiger partial charge in [-0.2, -0.15) is 15.5 Å². The van der Waals surface area contributed by atoms with E-state index in [0.29, 0.717) is 43.0 Å². The number of amides is 2. The summed E-state index contributed by atoms with van der Waals surface area (Å²) in [5.74, 6) is -0.552. The van der Waals surface area contributed by atoms with E-state index in [4.69, 9.17) is 10.7 Å². The minimum Gasteiger partial charge on any atom is -0.376 e. The van der Waals surface area contributed by atoms with Crippen molar-refractivity contribution in [2.45, 2.75) is 32.2 Å². The van der Waals surface area contributed by atoms with E-state index in [2.05, 4.69) is 28.5 Å². The Morgan fingerprint density at radius 1 is 1.33 bits per heavy atom. The van der Waals surface area contributed by atoms with Crippen LogP contribution in [0, 0.1) is 22.7 Å². The zero-order chi connectivity index (χ0) is 23.3. The van der Waals surface area contributed by atoms with Crippen molar-refractivity contribution in [3.05, 3.63) is 30.2 Å². The average molecular weight is 448 g/mol. The number of carbonyl (C=O) groups excluding carboxylic acids is 2. The van der Waals surface area contributed by atoms with E-state index in [1.165, 1.54) is 6.20 Å². The van der Waals surface area contributed by atoms with Crippen LogP contribution in [0.15, 0.2) is 24.7 Å². The second-order valence-electron chi connectivity index (χ2n) is 8.86. The first kappa shape index (κ1) is 20.9. The van der Waals surface area contributed by atoms with Crippen molar-refractivity contribution in [3.63, 3.8) is 0 Å². The number of aromatic nitrogens is 5. The fourth-order valence-electron chi connectivity index (χ4n) is 4.61. The standard InChI is InChI=1S/C22H25N9O2/c1-3-13-9-30(21(33)22(12-23)5-6-22)10-15(13)27-18-14(19(24)32)8-26-31-11-16(28-20(18)31)17-4-7-25-29(17)2/h4,7-8,11,13,15,27H,3,5-6,9-10H2,1-2H3,(H2,24,32)/t13-,15+/m0/s1. The second-order valence-corrected chi connectivity index (χ2v) is 8.86. The number of likely N-dealkylation sites (tertiary alicyclic amines) is 1. The summed E-state index contributed by atoms with van der Waals surface area (Å²) >= 11 is 0. The van der Waals surface area contributed by atoms with Gasteiger partial charge < -0.3 is 16.0 Å². The number of nitriles is 1. The van der Waals surface area contributed by atoms with Crippen LogP contribution in [0.4, 0.5) is 5.69 Å². The molecule has 5 rings (SSSR count). The van der Waals surface area contributed by atoms with Crippen LogP contribution in [0.25, 0.3) is 17.0 Å². The van der Waals surface area contributed by atoms with Gasteiger partial charge >= 0.3 is 0 Å². The maximum absolute atomic E-state index is 12.9. The Bertz CT molecular complexity index is 1300. The number of nitrogens with one attached hydrogen (secondary N) is 1. The molecule has 1 saturated carbocycles. The van der Waals surface area contributed by atoms with Gasteiger partial charge in [-0.25, -0.2) is 9.50 Å². The molecule has 0 radical (unpaired) electrons. The number of primary amides is 1. The topological polar surface area (TPSA) is 147 Å². The van der Waals surface area contributed by atoms with Crippen LogP contribution in [-0.2, 0) is 11.8 Å². The number of fused-ring (bicyclic) bond motifs is 1. The molecule has 4 heterocycles. The van der Waals surface area contributed by atoms with Gasteiger partial charge in [-0.1, -0.05) is 6.92 Å². The number of carbonyl (C=O) groups is 2. The lowest BCUT2D eigenvalue weighted by Crippen LogP contribution is -2.36. The SMILES string of the molecule is CC[C@H]1CN(C(=O)C2(C#N)CC2)C[C@H]1Nc1c(C(N)=O)cnn2cc(-c3ccnn3C)nc12. The number of rotatable bonds is 6. The molecule has 3 aromatic rings.